The second kappa shape index (κ2) is 37.5. The Labute approximate surface area is 516 Å². The molecule has 0 bridgehead atoms. The van der Waals surface area contributed by atoms with Crippen molar-refractivity contribution in [3.63, 3.8) is 0 Å². The number of anilines is 2. The predicted molar refractivity (Wildman–Crippen MR) is 367 cm³/mol. The molecule has 0 saturated carbocycles. The molecule has 0 aliphatic carbocycles. The van der Waals surface area contributed by atoms with Gasteiger partial charge in [-0.3, -0.25) is 9.59 Å². The molecule has 82 heavy (non-hydrogen) atoms. The van der Waals surface area contributed by atoms with E-state index in [4.69, 9.17) is 0 Å². The zero-order valence-electron chi connectivity index (χ0n) is 52.8. The minimum Gasteiger partial charge on any atom is -0.307 e. The van der Waals surface area contributed by atoms with Crippen LogP contribution in [0.1, 0.15) is 304 Å². The van der Waals surface area contributed by atoms with Crippen LogP contribution in [-0.4, -0.2) is 24.9 Å². The standard InChI is InChI=1S/C74H112N2O2S4/c1-7-11-15-19-23-27-29-33-37-41-45-59(43-39-35-31-25-21-17-13-9-3)55-75-63-53-62-64(52-61(63)71(73(75)77)66-48-47-57(5)79-66)76(74(78)72(62)67-50-49-65(81-67)69-54-70-68(82-69)51-58(6)80-70)56-60(44-40-36-32-26-22-18-14-10-4)46-42-38-34-30-28-24-20-16-12-8-2/h47-54,59-60H,7-46,55-56H2,1-6H3. The molecule has 0 radical (unpaired) electrons. The lowest BCUT2D eigenvalue weighted by Crippen LogP contribution is -2.35. The molecule has 2 aliphatic rings. The van der Waals surface area contributed by atoms with Crippen LogP contribution in [0.3, 0.4) is 0 Å². The van der Waals surface area contributed by atoms with Crippen LogP contribution in [-0.2, 0) is 9.59 Å². The number of hydrogen-bond donors (Lipinski definition) is 0. The fourth-order valence-electron chi connectivity index (χ4n) is 13.4. The maximum Gasteiger partial charge on any atom is 0.260 e. The lowest BCUT2D eigenvalue weighted by Gasteiger charge is -2.27. The van der Waals surface area contributed by atoms with E-state index in [1.54, 1.807) is 22.7 Å². The Kier molecular flexibility index (Phi) is 30.4. The molecule has 0 fully saturated rings. The van der Waals surface area contributed by atoms with Crippen molar-refractivity contribution in [2.45, 2.75) is 298 Å². The van der Waals surface area contributed by atoms with E-state index in [0.29, 0.717) is 11.8 Å². The normalized spacial score (nSPS) is 14.2. The molecular formula is C74H112N2O2S4. The second-order valence-corrected chi connectivity index (χ2v) is 30.2. The van der Waals surface area contributed by atoms with Crippen molar-refractivity contribution < 1.29 is 9.59 Å². The Morgan fingerprint density at radius 2 is 0.659 bits per heavy atom. The predicted octanol–water partition coefficient (Wildman–Crippen LogP) is 23.4. The molecule has 1 aromatic carbocycles. The number of benzene rings is 1. The van der Waals surface area contributed by atoms with Gasteiger partial charge in [0.2, 0.25) is 0 Å². The molecule has 0 saturated heterocycles. The maximum absolute atomic E-state index is 15.8. The average molecular weight is 1190 g/mol. The number of amides is 2. The first kappa shape index (κ1) is 66.5. The first-order valence-electron chi connectivity index (χ1n) is 34.5. The van der Waals surface area contributed by atoms with Crippen molar-refractivity contribution in [1.29, 1.82) is 0 Å². The number of aryl methyl sites for hydroxylation is 2. The monoisotopic (exact) mass is 1190 g/mol. The van der Waals surface area contributed by atoms with Gasteiger partial charge in [0.25, 0.3) is 11.8 Å². The molecule has 2 atom stereocenters. The summed E-state index contributed by atoms with van der Waals surface area (Å²) in [6, 6.07) is 18.2. The first-order chi connectivity index (χ1) is 40.2. The average Bonchev–Trinajstić information content (AvgIpc) is 2.39. The summed E-state index contributed by atoms with van der Waals surface area (Å²) in [7, 11) is 0. The van der Waals surface area contributed by atoms with Crippen LogP contribution < -0.4 is 20.2 Å². The van der Waals surface area contributed by atoms with E-state index >= 15 is 9.59 Å². The number of nitrogens with zero attached hydrogens (tertiary/aromatic N) is 2. The van der Waals surface area contributed by atoms with Crippen LogP contribution in [0.5, 0.6) is 0 Å². The molecule has 5 aromatic rings. The van der Waals surface area contributed by atoms with Crippen molar-refractivity contribution in [2.75, 3.05) is 22.9 Å². The molecule has 2 aliphatic heterocycles. The third-order valence-electron chi connectivity index (χ3n) is 18.3. The molecule has 0 N–H and O–H groups in total. The number of thiophene rings is 4. The van der Waals surface area contributed by atoms with Gasteiger partial charge in [-0.15, -0.1) is 45.3 Å². The molecule has 4 aromatic heterocycles. The van der Waals surface area contributed by atoms with Gasteiger partial charge in [0.15, 0.2) is 0 Å². The minimum absolute atomic E-state index is 0.152. The molecular weight excluding hydrogens is 1080 g/mol. The molecule has 6 heterocycles. The zero-order valence-corrected chi connectivity index (χ0v) is 56.1. The fraction of sp³-hybridized carbons (Fsp3) is 0.676. The van der Waals surface area contributed by atoms with Crippen molar-refractivity contribution in [3.8, 4) is 9.75 Å². The fourth-order valence-corrected chi connectivity index (χ4v) is 17.8. The number of fused-ring (bicyclic) bond motifs is 3. The number of rotatable bonds is 47. The largest absolute Gasteiger partial charge is 0.307 e. The summed E-state index contributed by atoms with van der Waals surface area (Å²) in [5, 5.41) is 2.06. The van der Waals surface area contributed by atoms with E-state index in [1.165, 1.54) is 286 Å². The molecule has 0 spiro atoms. The summed E-state index contributed by atoms with van der Waals surface area (Å²) in [6.45, 7) is 15.1. The van der Waals surface area contributed by atoms with Gasteiger partial charge in [0, 0.05) is 62.2 Å². The first-order valence-corrected chi connectivity index (χ1v) is 37.7. The van der Waals surface area contributed by atoms with Gasteiger partial charge in [-0.25, -0.2) is 0 Å². The molecule has 454 valence electrons. The zero-order chi connectivity index (χ0) is 57.7. The van der Waals surface area contributed by atoms with Crippen LogP contribution in [0.4, 0.5) is 11.4 Å². The topological polar surface area (TPSA) is 40.6 Å². The summed E-state index contributed by atoms with van der Waals surface area (Å²) >= 11 is 7.27. The molecule has 2 unspecified atom stereocenters. The third kappa shape index (κ3) is 20.6. The summed E-state index contributed by atoms with van der Waals surface area (Å²) in [5.41, 5.74) is 3.72. The van der Waals surface area contributed by atoms with Gasteiger partial charge < -0.3 is 9.80 Å². The van der Waals surface area contributed by atoms with Crippen molar-refractivity contribution in [2.24, 2.45) is 11.8 Å². The lowest BCUT2D eigenvalue weighted by molar-refractivity contribution is -0.114. The van der Waals surface area contributed by atoms with Crippen LogP contribution in [0.15, 0.2) is 48.5 Å². The smallest absolute Gasteiger partial charge is 0.260 e. The van der Waals surface area contributed by atoms with E-state index in [-0.39, 0.29) is 11.8 Å². The minimum atomic E-state index is 0.152. The van der Waals surface area contributed by atoms with E-state index in [9.17, 15) is 0 Å². The Bertz CT molecular complexity index is 2720. The second-order valence-electron chi connectivity index (χ2n) is 25.4. The Morgan fingerprint density at radius 3 is 1.01 bits per heavy atom. The number of carbonyl (C=O) groups is 2. The lowest BCUT2D eigenvalue weighted by atomic mass is 9.93. The molecule has 8 heteroatoms. The highest BCUT2D eigenvalue weighted by atomic mass is 32.1. The highest BCUT2D eigenvalue weighted by Crippen LogP contribution is 2.43. The Balaban J connectivity index is 1.20. The van der Waals surface area contributed by atoms with Gasteiger partial charge in [-0.2, -0.15) is 0 Å². The van der Waals surface area contributed by atoms with Crippen molar-refractivity contribution >= 4 is 89.1 Å². The highest BCUT2D eigenvalue weighted by Gasteiger charge is 2.38. The molecule has 4 nitrogen and oxygen atoms in total. The van der Waals surface area contributed by atoms with Crippen LogP contribution in [0, 0.1) is 25.7 Å². The van der Waals surface area contributed by atoms with E-state index in [1.807, 2.05) is 22.7 Å². The summed E-state index contributed by atoms with van der Waals surface area (Å²) < 4.78 is 2.70. The van der Waals surface area contributed by atoms with E-state index < -0.39 is 0 Å². The van der Waals surface area contributed by atoms with Crippen molar-refractivity contribution in [3.05, 3.63) is 78.5 Å². The Hall–Kier alpha value is -3.04. The quantitative estimate of drug-likeness (QED) is 0.0364. The summed E-state index contributed by atoms with van der Waals surface area (Å²) in [5.74, 6) is 1.18. The van der Waals surface area contributed by atoms with Crippen LogP contribution in [0.25, 0.3) is 30.3 Å². The highest BCUT2D eigenvalue weighted by molar-refractivity contribution is 7.31. The molecule has 2 amide bonds. The molecule has 7 rings (SSSR count). The maximum atomic E-state index is 15.8. The van der Waals surface area contributed by atoms with E-state index in [2.05, 4.69) is 99.9 Å². The van der Waals surface area contributed by atoms with Gasteiger partial charge in [-0.1, -0.05) is 259 Å². The number of hydrogen-bond acceptors (Lipinski definition) is 6. The SMILES string of the molecule is CCCCCCCCCCCCC(CCCCCCCCCC)CN1C(=O)C(c2ccc(C)s2)=c2cc3c(cc21)=C(c1ccc(-c2cc4sc(C)cc4s2)s1)C(=O)N3CC(CCCCCCCCCC)CCCCCCCCCCCC. The van der Waals surface area contributed by atoms with E-state index in [0.717, 1.165) is 55.8 Å². The van der Waals surface area contributed by atoms with Gasteiger partial charge in [0.1, 0.15) is 0 Å². The third-order valence-corrected chi connectivity index (χ3v) is 22.8. The van der Waals surface area contributed by atoms with Gasteiger partial charge in [0.05, 0.1) is 22.5 Å². The van der Waals surface area contributed by atoms with Gasteiger partial charge in [-0.05, 0) is 99.9 Å². The van der Waals surface area contributed by atoms with Crippen molar-refractivity contribution in [1.82, 2.24) is 0 Å². The number of carbonyl (C=O) groups excluding carboxylic acids is 2. The van der Waals surface area contributed by atoms with Crippen LogP contribution >= 0.6 is 45.3 Å². The summed E-state index contributed by atoms with van der Waals surface area (Å²) in [6.07, 6.45) is 52.6. The Morgan fingerprint density at radius 1 is 0.329 bits per heavy atom. The van der Waals surface area contributed by atoms with Gasteiger partial charge >= 0.3 is 0 Å². The van der Waals surface area contributed by atoms with Crippen LogP contribution in [0.2, 0.25) is 0 Å². The summed E-state index contributed by atoms with van der Waals surface area (Å²) in [4.78, 5) is 42.9. The number of unbranched alkanes of at least 4 members (excludes halogenated alkanes) is 32.